The van der Waals surface area contributed by atoms with Gasteiger partial charge in [-0.05, 0) is 42.0 Å². The van der Waals surface area contributed by atoms with Gasteiger partial charge < -0.3 is 19.7 Å². The molecule has 0 radical (unpaired) electrons. The van der Waals surface area contributed by atoms with Crippen molar-refractivity contribution in [3.05, 3.63) is 58.6 Å². The zero-order chi connectivity index (χ0) is 17.5. The van der Waals surface area contributed by atoms with E-state index in [0.29, 0.717) is 12.3 Å². The van der Waals surface area contributed by atoms with Gasteiger partial charge in [0, 0.05) is 29.8 Å². The molecule has 1 N–H and O–H groups in total. The number of carbonyl (C=O) groups excluding carboxylic acids is 1. The largest absolute Gasteiger partial charge is 0.484 e. The van der Waals surface area contributed by atoms with Crippen LogP contribution in [0.15, 0.2) is 53.0 Å². The third kappa shape index (κ3) is 5.47. The minimum absolute atomic E-state index is 0.00743. The molecule has 1 heterocycles. The van der Waals surface area contributed by atoms with Gasteiger partial charge in [0.05, 0.1) is 13.2 Å². The monoisotopic (exact) mass is 404 g/mol. The van der Waals surface area contributed by atoms with E-state index in [1.807, 2.05) is 36.4 Å². The van der Waals surface area contributed by atoms with Crippen LogP contribution in [0.2, 0.25) is 0 Å². The van der Waals surface area contributed by atoms with Crippen molar-refractivity contribution in [1.82, 2.24) is 5.32 Å². The van der Waals surface area contributed by atoms with Gasteiger partial charge in [-0.1, -0.05) is 28.1 Å². The lowest BCUT2D eigenvalue weighted by Gasteiger charge is -2.28. The van der Waals surface area contributed by atoms with Crippen LogP contribution < -0.4 is 15.0 Å². The predicted octanol–water partition coefficient (Wildman–Crippen LogP) is 2.98. The van der Waals surface area contributed by atoms with Crippen LogP contribution in [0.25, 0.3) is 0 Å². The Hall–Kier alpha value is -2.05. The van der Waals surface area contributed by atoms with Gasteiger partial charge in [-0.15, -0.1) is 0 Å². The molecule has 1 aliphatic heterocycles. The van der Waals surface area contributed by atoms with Crippen LogP contribution in [0.4, 0.5) is 5.69 Å². The van der Waals surface area contributed by atoms with Gasteiger partial charge in [-0.3, -0.25) is 4.79 Å². The van der Waals surface area contributed by atoms with Crippen LogP contribution in [0, 0.1) is 0 Å². The Balaban J connectivity index is 1.43. The third-order valence-corrected chi connectivity index (χ3v) is 4.51. The van der Waals surface area contributed by atoms with Crippen molar-refractivity contribution in [2.24, 2.45) is 0 Å². The molecule has 0 bridgehead atoms. The fourth-order valence-corrected chi connectivity index (χ4v) is 2.84. The predicted molar refractivity (Wildman–Crippen MR) is 101 cm³/mol. The van der Waals surface area contributed by atoms with Crippen molar-refractivity contribution in [2.45, 2.75) is 6.54 Å². The number of carbonyl (C=O) groups is 1. The summed E-state index contributed by atoms with van der Waals surface area (Å²) in [7, 11) is 0. The second kappa shape index (κ2) is 8.87. The summed E-state index contributed by atoms with van der Waals surface area (Å²) in [4.78, 5) is 14.2. The van der Waals surface area contributed by atoms with Gasteiger partial charge >= 0.3 is 0 Å². The Kier molecular flexibility index (Phi) is 6.30. The summed E-state index contributed by atoms with van der Waals surface area (Å²) in [5.41, 5.74) is 2.26. The number of hydrogen-bond acceptors (Lipinski definition) is 4. The van der Waals surface area contributed by atoms with Crippen LogP contribution in [0.5, 0.6) is 5.75 Å². The summed E-state index contributed by atoms with van der Waals surface area (Å²) in [6.07, 6.45) is 0. The smallest absolute Gasteiger partial charge is 0.258 e. The molecule has 2 aromatic rings. The lowest BCUT2D eigenvalue weighted by molar-refractivity contribution is -0.123. The quantitative estimate of drug-likeness (QED) is 0.803. The molecule has 3 rings (SSSR count). The van der Waals surface area contributed by atoms with E-state index in [2.05, 4.69) is 38.3 Å². The van der Waals surface area contributed by atoms with Gasteiger partial charge in [-0.25, -0.2) is 0 Å². The van der Waals surface area contributed by atoms with Crippen LogP contribution in [0.1, 0.15) is 5.56 Å². The number of nitrogens with one attached hydrogen (secondary N) is 1. The number of rotatable bonds is 6. The average molecular weight is 405 g/mol. The zero-order valence-electron chi connectivity index (χ0n) is 13.9. The topological polar surface area (TPSA) is 50.8 Å². The highest BCUT2D eigenvalue weighted by atomic mass is 79.9. The van der Waals surface area contributed by atoms with Crippen LogP contribution in [0.3, 0.4) is 0 Å². The maximum atomic E-state index is 11.9. The summed E-state index contributed by atoms with van der Waals surface area (Å²) < 4.78 is 11.8. The minimum atomic E-state index is -0.139. The number of anilines is 1. The normalized spacial score (nSPS) is 14.2. The van der Waals surface area contributed by atoms with Gasteiger partial charge in [-0.2, -0.15) is 0 Å². The molecule has 6 heteroatoms. The standard InChI is InChI=1S/C19H21BrN2O3/c20-16-3-7-18(8-4-16)25-14-19(23)21-13-15-1-5-17(6-2-15)22-9-11-24-12-10-22/h1-8H,9-14H2,(H,21,23). The molecule has 132 valence electrons. The molecule has 5 nitrogen and oxygen atoms in total. The Morgan fingerprint density at radius 3 is 2.44 bits per heavy atom. The summed E-state index contributed by atoms with van der Waals surface area (Å²) in [6, 6.07) is 15.7. The molecule has 1 saturated heterocycles. The highest BCUT2D eigenvalue weighted by Crippen LogP contribution is 2.17. The maximum Gasteiger partial charge on any atom is 0.258 e. The number of halogens is 1. The molecule has 1 aliphatic rings. The van der Waals surface area contributed by atoms with Gasteiger partial charge in [0.2, 0.25) is 0 Å². The Bertz CT molecular complexity index is 683. The molecule has 2 aromatic carbocycles. The number of nitrogens with zero attached hydrogens (tertiary/aromatic N) is 1. The van der Waals surface area contributed by atoms with Crippen LogP contribution in [-0.2, 0) is 16.1 Å². The van der Waals surface area contributed by atoms with E-state index in [9.17, 15) is 4.79 Å². The first kappa shape index (κ1) is 17.8. The van der Waals surface area contributed by atoms with E-state index in [1.165, 1.54) is 5.69 Å². The highest BCUT2D eigenvalue weighted by molar-refractivity contribution is 9.10. The van der Waals surface area contributed by atoms with E-state index >= 15 is 0 Å². The summed E-state index contributed by atoms with van der Waals surface area (Å²) >= 11 is 3.36. The maximum absolute atomic E-state index is 11.9. The molecular weight excluding hydrogens is 384 g/mol. The molecule has 1 amide bonds. The van der Waals surface area contributed by atoms with Crippen molar-refractivity contribution in [3.63, 3.8) is 0 Å². The second-order valence-corrected chi connectivity index (χ2v) is 6.70. The lowest BCUT2D eigenvalue weighted by atomic mass is 10.2. The van der Waals surface area contributed by atoms with Crippen molar-refractivity contribution in [2.75, 3.05) is 37.8 Å². The highest BCUT2D eigenvalue weighted by Gasteiger charge is 2.11. The summed E-state index contributed by atoms with van der Waals surface area (Å²) in [5, 5.41) is 2.87. The molecule has 1 fully saturated rings. The van der Waals surface area contributed by atoms with Gasteiger partial charge in [0.15, 0.2) is 6.61 Å². The number of morpholine rings is 1. The second-order valence-electron chi connectivity index (χ2n) is 5.79. The number of hydrogen-bond donors (Lipinski definition) is 1. The first-order chi connectivity index (χ1) is 12.2. The lowest BCUT2D eigenvalue weighted by Crippen LogP contribution is -2.36. The molecule has 0 saturated carbocycles. The SMILES string of the molecule is O=C(COc1ccc(Br)cc1)NCc1ccc(N2CCOCC2)cc1. The number of ether oxygens (including phenoxy) is 2. The molecule has 0 aliphatic carbocycles. The van der Waals surface area contributed by atoms with Crippen molar-refractivity contribution in [3.8, 4) is 5.75 Å². The van der Waals surface area contributed by atoms with Gasteiger partial charge in [0.25, 0.3) is 5.91 Å². The van der Waals surface area contributed by atoms with Crippen molar-refractivity contribution < 1.29 is 14.3 Å². The van der Waals surface area contributed by atoms with Gasteiger partial charge in [0.1, 0.15) is 5.75 Å². The zero-order valence-corrected chi connectivity index (χ0v) is 15.5. The Morgan fingerprint density at radius 1 is 1.08 bits per heavy atom. The molecule has 0 spiro atoms. The van der Waals surface area contributed by atoms with E-state index in [4.69, 9.17) is 9.47 Å². The van der Waals surface area contributed by atoms with Crippen LogP contribution in [-0.4, -0.2) is 38.8 Å². The fraction of sp³-hybridized carbons (Fsp3) is 0.316. The van der Waals surface area contributed by atoms with E-state index < -0.39 is 0 Å². The summed E-state index contributed by atoms with van der Waals surface area (Å²) in [5.74, 6) is 0.536. The first-order valence-electron chi connectivity index (χ1n) is 8.27. The minimum Gasteiger partial charge on any atom is -0.484 e. The van der Waals surface area contributed by atoms with Crippen LogP contribution >= 0.6 is 15.9 Å². The third-order valence-electron chi connectivity index (χ3n) is 3.99. The molecule has 0 aromatic heterocycles. The Labute approximate surface area is 156 Å². The molecule has 25 heavy (non-hydrogen) atoms. The molecule has 0 atom stereocenters. The summed E-state index contributed by atoms with van der Waals surface area (Å²) in [6.45, 7) is 3.89. The van der Waals surface area contributed by atoms with E-state index in [1.54, 1.807) is 0 Å². The molecular formula is C19H21BrN2O3. The number of benzene rings is 2. The van der Waals surface area contributed by atoms with E-state index in [-0.39, 0.29) is 12.5 Å². The molecule has 0 unspecified atom stereocenters. The average Bonchev–Trinajstić information content (AvgIpc) is 2.67. The van der Waals surface area contributed by atoms with Crippen molar-refractivity contribution >= 4 is 27.5 Å². The van der Waals surface area contributed by atoms with Crippen molar-refractivity contribution in [1.29, 1.82) is 0 Å². The first-order valence-corrected chi connectivity index (χ1v) is 9.07. The van der Waals surface area contributed by atoms with E-state index in [0.717, 1.165) is 36.3 Å². The Morgan fingerprint density at radius 2 is 1.76 bits per heavy atom. The fourth-order valence-electron chi connectivity index (χ4n) is 2.58. The number of amides is 1.